The number of carbonyl (C=O) groups is 3. The van der Waals surface area contributed by atoms with Gasteiger partial charge in [0.15, 0.2) is 6.10 Å². The van der Waals surface area contributed by atoms with E-state index in [2.05, 4.69) is 10.6 Å². The van der Waals surface area contributed by atoms with Crippen LogP contribution in [0.4, 0.5) is 4.79 Å². The normalized spacial score (nSPS) is 11.2. The van der Waals surface area contributed by atoms with Gasteiger partial charge in [-0.2, -0.15) is 0 Å². The van der Waals surface area contributed by atoms with E-state index in [0.29, 0.717) is 11.3 Å². The zero-order chi connectivity index (χ0) is 15.8. The van der Waals surface area contributed by atoms with Crippen LogP contribution in [-0.4, -0.2) is 37.7 Å². The Morgan fingerprint density at radius 3 is 2.62 bits per heavy atom. The molecule has 0 unspecified atom stereocenters. The lowest BCUT2D eigenvalue weighted by atomic mass is 10.2. The van der Waals surface area contributed by atoms with E-state index in [0.717, 1.165) is 0 Å². The van der Waals surface area contributed by atoms with Crippen molar-refractivity contribution in [2.75, 3.05) is 13.7 Å². The van der Waals surface area contributed by atoms with Gasteiger partial charge in [-0.05, 0) is 32.0 Å². The third kappa shape index (κ3) is 5.13. The fourth-order valence-electron chi connectivity index (χ4n) is 1.44. The van der Waals surface area contributed by atoms with E-state index in [4.69, 9.17) is 9.47 Å². The highest BCUT2D eigenvalue weighted by molar-refractivity contribution is 5.96. The highest BCUT2D eigenvalue weighted by atomic mass is 16.5. The number of hydrogen-bond acceptors (Lipinski definition) is 5. The topological polar surface area (TPSA) is 93.7 Å². The fourth-order valence-corrected chi connectivity index (χ4v) is 1.44. The molecule has 3 amide bonds. The Kier molecular flexibility index (Phi) is 6.19. The summed E-state index contributed by atoms with van der Waals surface area (Å²) < 4.78 is 10.3. The molecule has 0 aliphatic carbocycles. The molecule has 21 heavy (non-hydrogen) atoms. The smallest absolute Gasteiger partial charge is 0.338 e. The summed E-state index contributed by atoms with van der Waals surface area (Å²) in [5, 5.41) is 4.37. The van der Waals surface area contributed by atoms with E-state index in [9.17, 15) is 14.4 Å². The average molecular weight is 294 g/mol. The molecule has 114 valence electrons. The minimum absolute atomic E-state index is 0.273. The second kappa shape index (κ2) is 7.88. The molecule has 1 atom stereocenters. The molecule has 0 fully saturated rings. The largest absolute Gasteiger partial charge is 0.481 e. The van der Waals surface area contributed by atoms with Gasteiger partial charge in [0, 0.05) is 7.05 Å². The van der Waals surface area contributed by atoms with Gasteiger partial charge in [-0.15, -0.1) is 0 Å². The van der Waals surface area contributed by atoms with Gasteiger partial charge in [0.05, 0.1) is 12.2 Å². The minimum atomic E-state index is -0.889. The van der Waals surface area contributed by atoms with Gasteiger partial charge >= 0.3 is 12.0 Å². The number of nitrogens with one attached hydrogen (secondary N) is 2. The van der Waals surface area contributed by atoms with Crippen molar-refractivity contribution < 1.29 is 23.9 Å². The summed E-state index contributed by atoms with van der Waals surface area (Å²) >= 11 is 0. The summed E-state index contributed by atoms with van der Waals surface area (Å²) in [6, 6.07) is 5.66. The predicted molar refractivity (Wildman–Crippen MR) is 75.1 cm³/mol. The maximum Gasteiger partial charge on any atom is 0.338 e. The minimum Gasteiger partial charge on any atom is -0.481 e. The number of ether oxygens (including phenoxy) is 2. The molecule has 0 aliphatic rings. The SMILES string of the molecule is CCOC(=O)c1cccc(O[C@@H](C)C(=O)NC(=O)NC)c1. The molecule has 0 heterocycles. The van der Waals surface area contributed by atoms with E-state index in [-0.39, 0.29) is 6.61 Å². The molecule has 1 aromatic carbocycles. The first-order chi connectivity index (χ1) is 9.97. The molecular formula is C14H18N2O5. The number of hydrogen-bond donors (Lipinski definition) is 2. The summed E-state index contributed by atoms with van der Waals surface area (Å²) in [7, 11) is 1.40. The molecule has 0 spiro atoms. The first-order valence-electron chi connectivity index (χ1n) is 6.44. The Labute approximate surface area is 122 Å². The molecule has 0 saturated heterocycles. The zero-order valence-corrected chi connectivity index (χ0v) is 12.1. The van der Waals surface area contributed by atoms with E-state index in [1.54, 1.807) is 25.1 Å². The van der Waals surface area contributed by atoms with Crippen molar-refractivity contribution in [1.29, 1.82) is 0 Å². The number of esters is 1. The van der Waals surface area contributed by atoms with E-state index in [1.807, 2.05) is 0 Å². The van der Waals surface area contributed by atoms with Crippen LogP contribution in [0.5, 0.6) is 5.75 Å². The quantitative estimate of drug-likeness (QED) is 0.793. The average Bonchev–Trinajstić information content (AvgIpc) is 2.47. The van der Waals surface area contributed by atoms with Crippen LogP contribution in [-0.2, 0) is 9.53 Å². The summed E-state index contributed by atoms with van der Waals surface area (Å²) in [5.74, 6) is -0.721. The van der Waals surface area contributed by atoms with Crippen LogP contribution >= 0.6 is 0 Å². The molecule has 1 aromatic rings. The lowest BCUT2D eigenvalue weighted by Crippen LogP contribution is -2.43. The molecule has 0 aromatic heterocycles. The van der Waals surface area contributed by atoms with Crippen molar-refractivity contribution >= 4 is 17.9 Å². The molecule has 0 radical (unpaired) electrons. The number of carbonyl (C=O) groups excluding carboxylic acids is 3. The molecule has 1 rings (SSSR count). The molecular weight excluding hydrogens is 276 g/mol. The monoisotopic (exact) mass is 294 g/mol. The van der Waals surface area contributed by atoms with E-state index < -0.39 is 24.0 Å². The van der Waals surface area contributed by atoms with E-state index in [1.165, 1.54) is 20.0 Å². The first-order valence-corrected chi connectivity index (χ1v) is 6.44. The van der Waals surface area contributed by atoms with Crippen LogP contribution in [0, 0.1) is 0 Å². The summed E-state index contributed by atoms with van der Waals surface area (Å²) in [6.45, 7) is 3.48. The van der Waals surface area contributed by atoms with Gasteiger partial charge in [-0.1, -0.05) is 6.07 Å². The summed E-state index contributed by atoms with van der Waals surface area (Å²) in [5.41, 5.74) is 0.327. The second-order valence-corrected chi connectivity index (χ2v) is 4.08. The molecule has 0 saturated carbocycles. The predicted octanol–water partition coefficient (Wildman–Crippen LogP) is 1.09. The highest BCUT2D eigenvalue weighted by Crippen LogP contribution is 2.15. The Morgan fingerprint density at radius 2 is 2.00 bits per heavy atom. The lowest BCUT2D eigenvalue weighted by molar-refractivity contribution is -0.126. The van der Waals surface area contributed by atoms with Gasteiger partial charge in [0.25, 0.3) is 5.91 Å². The second-order valence-electron chi connectivity index (χ2n) is 4.08. The van der Waals surface area contributed by atoms with Gasteiger partial charge < -0.3 is 14.8 Å². The van der Waals surface area contributed by atoms with Crippen molar-refractivity contribution in [1.82, 2.24) is 10.6 Å². The van der Waals surface area contributed by atoms with Crippen LogP contribution in [0.2, 0.25) is 0 Å². The maximum atomic E-state index is 11.6. The van der Waals surface area contributed by atoms with Crippen molar-refractivity contribution in [3.05, 3.63) is 29.8 Å². The Hall–Kier alpha value is -2.57. The molecule has 7 heteroatoms. The van der Waals surface area contributed by atoms with Crippen LogP contribution < -0.4 is 15.4 Å². The maximum absolute atomic E-state index is 11.6. The van der Waals surface area contributed by atoms with Crippen molar-refractivity contribution in [3.8, 4) is 5.75 Å². The fraction of sp³-hybridized carbons (Fsp3) is 0.357. The number of urea groups is 1. The van der Waals surface area contributed by atoms with Gasteiger partial charge in [0.1, 0.15) is 5.75 Å². The van der Waals surface area contributed by atoms with E-state index >= 15 is 0 Å². The number of amides is 3. The lowest BCUT2D eigenvalue weighted by Gasteiger charge is -2.14. The molecule has 0 bridgehead atoms. The molecule has 0 aliphatic heterocycles. The van der Waals surface area contributed by atoms with Crippen molar-refractivity contribution in [2.45, 2.75) is 20.0 Å². The standard InChI is InChI=1S/C14H18N2O5/c1-4-20-13(18)10-6-5-7-11(8-10)21-9(2)12(17)16-14(19)15-3/h5-9H,4H2,1-3H3,(H2,15,16,17,19)/t9-/m0/s1. The molecule has 2 N–H and O–H groups in total. The van der Waals surface area contributed by atoms with Crippen LogP contribution in [0.15, 0.2) is 24.3 Å². The Bertz CT molecular complexity index is 530. The van der Waals surface area contributed by atoms with Gasteiger partial charge in [0.2, 0.25) is 0 Å². The van der Waals surface area contributed by atoms with Gasteiger partial charge in [-0.3, -0.25) is 10.1 Å². The molecule has 7 nitrogen and oxygen atoms in total. The summed E-state index contributed by atoms with van der Waals surface area (Å²) in [4.78, 5) is 34.3. The number of rotatable bonds is 5. The third-order valence-corrected chi connectivity index (χ3v) is 2.49. The van der Waals surface area contributed by atoms with Crippen LogP contribution in [0.25, 0.3) is 0 Å². The number of benzene rings is 1. The Morgan fingerprint density at radius 1 is 1.29 bits per heavy atom. The number of imide groups is 1. The van der Waals surface area contributed by atoms with Crippen molar-refractivity contribution in [2.24, 2.45) is 0 Å². The zero-order valence-electron chi connectivity index (χ0n) is 12.1. The van der Waals surface area contributed by atoms with Crippen LogP contribution in [0.1, 0.15) is 24.2 Å². The third-order valence-electron chi connectivity index (χ3n) is 2.49. The first kappa shape index (κ1) is 16.5. The van der Waals surface area contributed by atoms with Gasteiger partial charge in [-0.25, -0.2) is 9.59 Å². The summed E-state index contributed by atoms with van der Waals surface area (Å²) in [6.07, 6.45) is -0.889. The van der Waals surface area contributed by atoms with Crippen LogP contribution in [0.3, 0.4) is 0 Å². The van der Waals surface area contributed by atoms with Crippen molar-refractivity contribution in [3.63, 3.8) is 0 Å². The highest BCUT2D eigenvalue weighted by Gasteiger charge is 2.17. The Balaban J connectivity index is 2.70.